The predicted molar refractivity (Wildman–Crippen MR) is 343 cm³/mol. The van der Waals surface area contributed by atoms with E-state index in [-0.39, 0.29) is 29.9 Å². The Morgan fingerprint density at radius 2 is 1.24 bits per heavy atom. The molecule has 1 fully saturated rings. The van der Waals surface area contributed by atoms with Gasteiger partial charge >= 0.3 is 62.4 Å². The minimum absolute atomic E-state index is 0. The van der Waals surface area contributed by atoms with Crippen molar-refractivity contribution in [3.63, 3.8) is 0 Å². The van der Waals surface area contributed by atoms with Crippen LogP contribution in [0.5, 0.6) is 0 Å². The predicted octanol–water partition coefficient (Wildman–Crippen LogP) is 7.70. The summed E-state index contributed by atoms with van der Waals surface area (Å²) in [6.45, 7) is 8.21. The zero-order valence-electron chi connectivity index (χ0n) is 41.1. The van der Waals surface area contributed by atoms with E-state index >= 15 is 0 Å². The molecule has 3 N–H and O–H groups in total. The molecule has 0 amide bonds. The van der Waals surface area contributed by atoms with Crippen LogP contribution < -0.4 is 39.4 Å². The molecule has 72 heavy (non-hydrogen) atoms. The first-order valence-electron chi connectivity index (χ1n) is 21.9. The monoisotopic (exact) mass is 1720 g/mol. The Bertz CT molecular complexity index is 2220. The number of nitrogens with one attached hydrogen (secondary N) is 1. The number of aliphatic hydroxyl groups excluding tert-OH is 2. The zero-order valence-corrected chi connectivity index (χ0v) is 56.7. The number of aliphatic hydroxyl groups is 2. The van der Waals surface area contributed by atoms with Gasteiger partial charge in [0.05, 0.1) is 31.0 Å². The average Bonchev–Trinajstić information content (AvgIpc) is 4.00. The second kappa shape index (κ2) is 44.1. The number of esters is 2. The van der Waals surface area contributed by atoms with Gasteiger partial charge in [-0.25, -0.2) is 29.5 Å². The maximum absolute atomic E-state index is 12.5. The molecule has 2 aromatic heterocycles. The van der Waals surface area contributed by atoms with E-state index in [1.54, 1.807) is 38.8 Å². The first-order chi connectivity index (χ1) is 34.3. The van der Waals surface area contributed by atoms with Crippen LogP contribution in [0.3, 0.4) is 0 Å². The molecule has 1 aliphatic rings. The second-order valence-electron chi connectivity index (χ2n) is 14.4. The number of aldehydes is 1. The molecule has 5 aromatic rings. The van der Waals surface area contributed by atoms with Crippen LogP contribution in [0.25, 0.3) is 6.08 Å². The Balaban J connectivity index is 0.000000971. The molecule has 0 spiro atoms. The number of benzene rings is 3. The number of rotatable bonds is 17. The minimum atomic E-state index is -2.24. The van der Waals surface area contributed by atoms with E-state index < -0.39 is 25.1 Å². The van der Waals surface area contributed by atoms with Crippen molar-refractivity contribution in [2.75, 3.05) is 69.3 Å². The van der Waals surface area contributed by atoms with Gasteiger partial charge < -0.3 is 34.6 Å². The fourth-order valence-electron chi connectivity index (χ4n) is 6.17. The van der Waals surface area contributed by atoms with Crippen molar-refractivity contribution >= 4 is 186 Å². The van der Waals surface area contributed by atoms with Crippen molar-refractivity contribution in [2.45, 2.75) is 63.1 Å². The van der Waals surface area contributed by atoms with Gasteiger partial charge in [0.15, 0.2) is 16.6 Å². The summed E-state index contributed by atoms with van der Waals surface area (Å²) in [6.07, 6.45) is 12.1. The van der Waals surface area contributed by atoms with Crippen molar-refractivity contribution < 1.29 is 52.1 Å². The summed E-state index contributed by atoms with van der Waals surface area (Å²) < 4.78 is 15.1. The number of aromatic nitrogens is 4. The Hall–Kier alpha value is -0.970. The molecule has 3 heterocycles. The maximum atomic E-state index is 12.5. The summed E-state index contributed by atoms with van der Waals surface area (Å²) in [5, 5.41) is 26.1. The molecule has 0 radical (unpaired) electrons. The molecular formula is C49H64I6N6O8PS2-. The standard InChI is InChI=1S/C22H21O2P.C14H21N3O3S.C9H13N3O2S.C4H8O.I3.I2.HI/c1-2-24-22(23)18-25(19-12-6-3-7-13-19,20-14-8-4-9-15-20)21-16-10-5-11-17-21;1-5-20-12(19)7-6-11-8-15-14(21-4)16-13(11)17(3)9-10(2)18;1-6(14)3-10-8-7(5-13)4-11-9(12-8)15-2;1-2-4-5-3-1;1-3-2;1-2;/h3-18H,2H2,1H3;6-8,10,18H,5,9H2,1-4H3;4-6,14H,3H2,1-2H3,(H,10,11,12);1-4H2;;;1H/q;;;;-1;;/b;7-6+;;;;;/t;10-;6-;;;;/m.00..../s1. The molecule has 3 aromatic carbocycles. The molecule has 6 rings (SSSR count). The molecule has 398 valence electrons. The van der Waals surface area contributed by atoms with Gasteiger partial charge in [0, 0.05) is 100 Å². The van der Waals surface area contributed by atoms with E-state index in [0.717, 1.165) is 29.1 Å². The first kappa shape index (κ1) is 71.0. The number of carbonyl (C=O) groups is 3. The quantitative estimate of drug-likeness (QED) is 0.0156. The fraction of sp³-hybridized carbons (Fsp3) is 0.347. The van der Waals surface area contributed by atoms with Gasteiger partial charge in [-0.1, -0.05) is 115 Å². The normalized spacial score (nSPS) is 12.0. The topological polar surface area (TPSA) is 186 Å². The van der Waals surface area contributed by atoms with Gasteiger partial charge in [0.1, 0.15) is 11.6 Å². The molecule has 0 bridgehead atoms. The third-order valence-electron chi connectivity index (χ3n) is 9.11. The van der Waals surface area contributed by atoms with Crippen LogP contribution in [0.1, 0.15) is 56.5 Å². The van der Waals surface area contributed by atoms with Crippen LogP contribution in [0, 0.1) is 0 Å². The van der Waals surface area contributed by atoms with E-state index in [1.807, 2.05) is 86.0 Å². The summed E-state index contributed by atoms with van der Waals surface area (Å²) in [5.41, 5.74) is 1.09. The van der Waals surface area contributed by atoms with Gasteiger partial charge in [0.25, 0.3) is 0 Å². The van der Waals surface area contributed by atoms with Gasteiger partial charge in [-0.2, -0.15) is 0 Å². The Morgan fingerprint density at radius 1 is 0.792 bits per heavy atom. The number of thioether (sulfide) groups is 2. The number of likely N-dealkylation sites (N-methyl/N-ethyl adjacent to an activating group) is 1. The third kappa shape index (κ3) is 27.9. The number of ether oxygens (including phenoxy) is 3. The molecule has 23 heteroatoms. The number of anilines is 2. The van der Waals surface area contributed by atoms with Crippen molar-refractivity contribution in [1.82, 2.24) is 19.9 Å². The van der Waals surface area contributed by atoms with Crippen molar-refractivity contribution in [3.05, 3.63) is 121 Å². The molecule has 2 atom stereocenters. The van der Waals surface area contributed by atoms with E-state index in [4.69, 9.17) is 19.3 Å². The van der Waals surface area contributed by atoms with Crippen LogP contribution >= 0.6 is 129 Å². The van der Waals surface area contributed by atoms with E-state index in [0.29, 0.717) is 78.9 Å². The van der Waals surface area contributed by atoms with Gasteiger partial charge in [-0.3, -0.25) is 4.79 Å². The number of hydrogen-bond acceptors (Lipinski definition) is 16. The summed E-state index contributed by atoms with van der Waals surface area (Å²) in [4.78, 5) is 53.2. The van der Waals surface area contributed by atoms with E-state index in [2.05, 4.69) is 136 Å². The third-order valence-corrected chi connectivity index (χ3v) is 14.2. The second-order valence-corrected chi connectivity index (χ2v) is 35.5. The number of carbonyl (C=O) groups excluding carboxylic acids is 3. The molecular weight excluding hydrogens is 1660 g/mol. The van der Waals surface area contributed by atoms with Crippen LogP contribution in [0.15, 0.2) is 120 Å². The molecule has 14 nitrogen and oxygen atoms in total. The van der Waals surface area contributed by atoms with E-state index in [1.165, 1.54) is 48.6 Å². The van der Waals surface area contributed by atoms with Crippen molar-refractivity contribution in [3.8, 4) is 0 Å². The molecule has 0 saturated carbocycles. The van der Waals surface area contributed by atoms with Gasteiger partial charge in [-0.15, -0.1) is 24.0 Å². The molecule has 1 saturated heterocycles. The van der Waals surface area contributed by atoms with Gasteiger partial charge in [0.2, 0.25) is 0 Å². The summed E-state index contributed by atoms with van der Waals surface area (Å²) in [5.74, 6) is 2.25. The fourth-order valence-corrected chi connectivity index (χ4v) is 10.5. The number of halogens is 6. The van der Waals surface area contributed by atoms with Gasteiger partial charge in [-0.05, 0) is 81.9 Å². The molecule has 1 aliphatic heterocycles. The van der Waals surface area contributed by atoms with Crippen LogP contribution in [-0.2, 0) is 23.8 Å². The molecule has 0 aliphatic carbocycles. The van der Waals surface area contributed by atoms with Crippen molar-refractivity contribution in [1.29, 1.82) is 0 Å². The van der Waals surface area contributed by atoms with Crippen LogP contribution in [0.2, 0.25) is 0 Å². The number of hydrogen-bond donors (Lipinski definition) is 3. The van der Waals surface area contributed by atoms with Crippen molar-refractivity contribution in [2.24, 2.45) is 0 Å². The summed E-state index contributed by atoms with van der Waals surface area (Å²) in [6, 6.07) is 30.7. The Labute approximate surface area is 504 Å². The Morgan fingerprint density at radius 3 is 1.62 bits per heavy atom. The Kier molecular flexibility index (Phi) is 43.5. The zero-order chi connectivity index (χ0) is 52.9. The average molecular weight is 1720 g/mol. The number of nitrogens with zero attached hydrogens (tertiary/aromatic N) is 5. The summed E-state index contributed by atoms with van der Waals surface area (Å²) >= 11 is 12.4. The van der Waals surface area contributed by atoms with Crippen LogP contribution in [-0.4, -0.2) is 125 Å². The molecule has 0 unspecified atom stereocenters. The van der Waals surface area contributed by atoms with Crippen LogP contribution in [0.4, 0.5) is 11.6 Å². The van der Waals surface area contributed by atoms with E-state index in [9.17, 15) is 19.5 Å². The first-order valence-corrected chi connectivity index (χ1v) is 45.1. The summed E-state index contributed by atoms with van der Waals surface area (Å²) in [7, 11) is 1.83. The SMILES string of the molecule is C1CCOC1.CCOC(=O)/C=C/c1cnc(SC)nc1N(C)C[C@H](C)O.CCOC(=O)C=P(c1ccccc1)(c1ccccc1)c1ccccc1.CSc1ncc(C=O)c(NC[C@H](C)O)n1.I.II.I[I-]I.